The van der Waals surface area contributed by atoms with Gasteiger partial charge in [0, 0.05) is 5.56 Å². The fourth-order valence-corrected chi connectivity index (χ4v) is 3.32. The molecule has 0 aliphatic rings. The molecule has 3 aromatic rings. The van der Waals surface area contributed by atoms with Crippen LogP contribution in [0.3, 0.4) is 0 Å². The third kappa shape index (κ3) is 4.60. The lowest BCUT2D eigenvalue weighted by Crippen LogP contribution is -1.93. The van der Waals surface area contributed by atoms with Crippen molar-refractivity contribution >= 4 is 0 Å². The Bertz CT molecular complexity index is 829. The maximum Gasteiger partial charge on any atom is 0.131 e. The van der Waals surface area contributed by atoms with Gasteiger partial charge in [0.1, 0.15) is 5.82 Å². The molecule has 0 saturated carbocycles. The van der Waals surface area contributed by atoms with E-state index in [0.717, 1.165) is 43.2 Å². The fourth-order valence-electron chi connectivity index (χ4n) is 3.32. The zero-order valence-corrected chi connectivity index (χ0v) is 15.8. The average Bonchev–Trinajstić information content (AvgIpc) is 2.68. The highest BCUT2D eigenvalue weighted by Crippen LogP contribution is 2.25. The zero-order valence-electron chi connectivity index (χ0n) is 15.8. The van der Waals surface area contributed by atoms with E-state index in [0.29, 0.717) is 5.56 Å². The van der Waals surface area contributed by atoms with Crippen molar-refractivity contribution in [3.05, 3.63) is 94.8 Å². The van der Waals surface area contributed by atoms with E-state index < -0.39 is 0 Å². The molecule has 3 aromatic carbocycles. The normalized spacial score (nSPS) is 10.9. The zero-order chi connectivity index (χ0) is 18.4. The van der Waals surface area contributed by atoms with Crippen LogP contribution in [0.5, 0.6) is 0 Å². The molecule has 26 heavy (non-hydrogen) atoms. The number of halogens is 1. The van der Waals surface area contributed by atoms with Gasteiger partial charge in [0.2, 0.25) is 0 Å². The Morgan fingerprint density at radius 3 is 1.69 bits per heavy atom. The van der Waals surface area contributed by atoms with Gasteiger partial charge in [0.05, 0.1) is 0 Å². The Balaban J connectivity index is 1.66. The molecule has 0 aliphatic heterocycles. The Morgan fingerprint density at radius 1 is 0.615 bits per heavy atom. The molecule has 0 saturated heterocycles. The van der Waals surface area contributed by atoms with Crippen molar-refractivity contribution in [3.8, 4) is 11.1 Å². The molecule has 0 bridgehead atoms. The summed E-state index contributed by atoms with van der Waals surface area (Å²) < 4.78 is 14.4. The summed E-state index contributed by atoms with van der Waals surface area (Å²) in [5.74, 6) is -0.125. The molecule has 0 N–H and O–H groups in total. The Morgan fingerprint density at radius 2 is 1.15 bits per heavy atom. The van der Waals surface area contributed by atoms with E-state index in [2.05, 4.69) is 50.2 Å². The van der Waals surface area contributed by atoms with Crippen LogP contribution in [0.15, 0.2) is 66.7 Å². The van der Waals surface area contributed by atoms with Gasteiger partial charge >= 0.3 is 0 Å². The lowest BCUT2D eigenvalue weighted by atomic mass is 9.98. The summed E-state index contributed by atoms with van der Waals surface area (Å²) in [5, 5.41) is 0. The van der Waals surface area contributed by atoms with Gasteiger partial charge in [-0.3, -0.25) is 0 Å². The quantitative estimate of drug-likeness (QED) is 0.441. The molecular weight excluding hydrogens is 319 g/mol. The van der Waals surface area contributed by atoms with Gasteiger partial charge in [-0.05, 0) is 59.6 Å². The SMILES string of the molecule is CCCc1ccc(-c2ccc(CCc3ccc(CC)cc3)cc2)c(F)c1. The molecule has 0 nitrogen and oxygen atoms in total. The van der Waals surface area contributed by atoms with Crippen LogP contribution in [-0.2, 0) is 25.7 Å². The molecule has 0 amide bonds. The predicted octanol–water partition coefficient (Wildman–Crippen LogP) is 6.79. The number of hydrogen-bond donors (Lipinski definition) is 0. The summed E-state index contributed by atoms with van der Waals surface area (Å²) in [6, 6.07) is 22.8. The van der Waals surface area contributed by atoms with Crippen LogP contribution in [0.4, 0.5) is 4.39 Å². The van der Waals surface area contributed by atoms with E-state index in [1.165, 1.54) is 16.7 Å². The van der Waals surface area contributed by atoms with Gasteiger partial charge in [-0.1, -0.05) is 80.9 Å². The first-order valence-electron chi connectivity index (χ1n) is 9.65. The standard InChI is InChI=1S/C25H27F/c1-3-5-22-14-17-24(25(26)18-22)23-15-12-21(13-16-23)11-10-20-8-6-19(4-2)7-9-20/h6-9,12-18H,3-5,10-11H2,1-2H3. The second kappa shape index (κ2) is 8.80. The summed E-state index contributed by atoms with van der Waals surface area (Å²) in [6.45, 7) is 4.29. The van der Waals surface area contributed by atoms with Crippen LogP contribution in [0.1, 0.15) is 42.5 Å². The Labute approximate surface area is 156 Å². The number of benzene rings is 3. The lowest BCUT2D eigenvalue weighted by Gasteiger charge is -2.08. The molecule has 0 atom stereocenters. The fraction of sp³-hybridized carbons (Fsp3) is 0.280. The van der Waals surface area contributed by atoms with E-state index in [-0.39, 0.29) is 5.82 Å². The van der Waals surface area contributed by atoms with Crippen LogP contribution < -0.4 is 0 Å². The molecule has 0 aromatic heterocycles. The van der Waals surface area contributed by atoms with Gasteiger partial charge in [0.25, 0.3) is 0 Å². The minimum atomic E-state index is -0.125. The van der Waals surface area contributed by atoms with Gasteiger partial charge in [-0.15, -0.1) is 0 Å². The van der Waals surface area contributed by atoms with Crippen molar-refractivity contribution in [2.45, 2.75) is 46.0 Å². The van der Waals surface area contributed by atoms with Crippen molar-refractivity contribution < 1.29 is 4.39 Å². The first-order chi connectivity index (χ1) is 12.7. The number of hydrogen-bond acceptors (Lipinski definition) is 0. The third-order valence-electron chi connectivity index (χ3n) is 4.97. The average molecular weight is 346 g/mol. The molecule has 0 radical (unpaired) electrons. The van der Waals surface area contributed by atoms with Gasteiger partial charge in [0.15, 0.2) is 0 Å². The van der Waals surface area contributed by atoms with E-state index in [1.807, 2.05) is 24.3 Å². The summed E-state index contributed by atoms with van der Waals surface area (Å²) in [7, 11) is 0. The molecular formula is C25H27F. The van der Waals surface area contributed by atoms with Crippen LogP contribution in [-0.4, -0.2) is 0 Å². The highest BCUT2D eigenvalue weighted by Gasteiger charge is 2.06. The highest BCUT2D eigenvalue weighted by molar-refractivity contribution is 5.64. The van der Waals surface area contributed by atoms with Gasteiger partial charge in [-0.25, -0.2) is 4.39 Å². The molecule has 0 aliphatic carbocycles. The summed E-state index contributed by atoms with van der Waals surface area (Å²) in [6.07, 6.45) is 5.08. The molecule has 3 rings (SSSR count). The van der Waals surface area contributed by atoms with Crippen molar-refractivity contribution in [1.82, 2.24) is 0 Å². The maximum absolute atomic E-state index is 14.4. The van der Waals surface area contributed by atoms with Crippen molar-refractivity contribution in [3.63, 3.8) is 0 Å². The van der Waals surface area contributed by atoms with Crippen LogP contribution in [0, 0.1) is 5.82 Å². The van der Waals surface area contributed by atoms with Crippen molar-refractivity contribution in [1.29, 1.82) is 0 Å². The van der Waals surface area contributed by atoms with Crippen LogP contribution >= 0.6 is 0 Å². The third-order valence-corrected chi connectivity index (χ3v) is 4.97. The largest absolute Gasteiger partial charge is 0.206 e. The smallest absolute Gasteiger partial charge is 0.131 e. The lowest BCUT2D eigenvalue weighted by molar-refractivity contribution is 0.628. The Kier molecular flexibility index (Phi) is 6.22. The number of rotatable bonds is 7. The number of aryl methyl sites for hydroxylation is 4. The summed E-state index contributed by atoms with van der Waals surface area (Å²) in [5.41, 5.74) is 6.73. The summed E-state index contributed by atoms with van der Waals surface area (Å²) in [4.78, 5) is 0. The molecule has 0 unspecified atom stereocenters. The van der Waals surface area contributed by atoms with Crippen molar-refractivity contribution in [2.75, 3.05) is 0 Å². The first-order valence-corrected chi connectivity index (χ1v) is 9.65. The molecule has 1 heteroatoms. The van der Waals surface area contributed by atoms with E-state index in [4.69, 9.17) is 0 Å². The Hall–Kier alpha value is -2.41. The second-order valence-corrected chi connectivity index (χ2v) is 6.93. The van der Waals surface area contributed by atoms with Gasteiger partial charge < -0.3 is 0 Å². The molecule has 134 valence electrons. The minimum absolute atomic E-state index is 0.125. The van der Waals surface area contributed by atoms with Crippen LogP contribution in [0.2, 0.25) is 0 Å². The topological polar surface area (TPSA) is 0 Å². The minimum Gasteiger partial charge on any atom is -0.206 e. The molecule has 0 heterocycles. The summed E-state index contributed by atoms with van der Waals surface area (Å²) >= 11 is 0. The highest BCUT2D eigenvalue weighted by atomic mass is 19.1. The van der Waals surface area contributed by atoms with E-state index in [9.17, 15) is 4.39 Å². The van der Waals surface area contributed by atoms with Gasteiger partial charge in [-0.2, -0.15) is 0 Å². The maximum atomic E-state index is 14.4. The second-order valence-electron chi connectivity index (χ2n) is 6.93. The monoisotopic (exact) mass is 346 g/mol. The predicted molar refractivity (Wildman–Crippen MR) is 109 cm³/mol. The van der Waals surface area contributed by atoms with E-state index in [1.54, 1.807) is 6.07 Å². The van der Waals surface area contributed by atoms with Crippen LogP contribution in [0.25, 0.3) is 11.1 Å². The van der Waals surface area contributed by atoms with E-state index >= 15 is 0 Å². The molecule has 0 fully saturated rings. The van der Waals surface area contributed by atoms with Crippen molar-refractivity contribution in [2.24, 2.45) is 0 Å². The molecule has 0 spiro atoms. The first kappa shape index (κ1) is 18.4.